The van der Waals surface area contributed by atoms with Crippen molar-refractivity contribution >= 4 is 17.6 Å². The van der Waals surface area contributed by atoms with Crippen molar-refractivity contribution < 1.29 is 19.6 Å². The predicted octanol–water partition coefficient (Wildman–Crippen LogP) is -1.04. The second-order valence-corrected chi connectivity index (χ2v) is 3.56. The lowest BCUT2D eigenvalue weighted by Gasteiger charge is -2.04. The quantitative estimate of drug-likeness (QED) is 0.236. The summed E-state index contributed by atoms with van der Waals surface area (Å²) in [6, 6.07) is 0. The van der Waals surface area contributed by atoms with E-state index in [1.807, 2.05) is 0 Å². The zero-order valence-corrected chi connectivity index (χ0v) is 9.91. The molecule has 0 aliphatic carbocycles. The van der Waals surface area contributed by atoms with E-state index in [4.69, 9.17) is 5.21 Å². The molecule has 0 saturated heterocycles. The summed E-state index contributed by atoms with van der Waals surface area (Å²) in [4.78, 5) is 33.0. The van der Waals surface area contributed by atoms with Gasteiger partial charge in [-0.2, -0.15) is 0 Å². The molecule has 0 aromatic rings. The van der Waals surface area contributed by atoms with Crippen LogP contribution in [-0.2, 0) is 14.4 Å². The van der Waals surface area contributed by atoms with Crippen LogP contribution in [0.3, 0.4) is 0 Å². The minimum atomic E-state index is -0.625. The molecule has 0 aromatic carbocycles. The van der Waals surface area contributed by atoms with Gasteiger partial charge in [0, 0.05) is 19.3 Å². The molecule has 0 rings (SSSR count). The van der Waals surface area contributed by atoms with Gasteiger partial charge in [0.15, 0.2) is 5.78 Å². The molecule has 7 heteroatoms. The van der Waals surface area contributed by atoms with Crippen molar-refractivity contribution in [2.45, 2.75) is 25.7 Å². The van der Waals surface area contributed by atoms with Crippen LogP contribution in [0, 0.1) is 0 Å². The maximum absolute atomic E-state index is 11.3. The molecule has 17 heavy (non-hydrogen) atoms. The van der Waals surface area contributed by atoms with Gasteiger partial charge in [0.1, 0.15) is 0 Å². The fourth-order valence-electron chi connectivity index (χ4n) is 1.12. The zero-order valence-electron chi connectivity index (χ0n) is 9.91. The Labute approximate surface area is 99.9 Å². The summed E-state index contributed by atoms with van der Waals surface area (Å²) in [7, 11) is 1.80. The summed E-state index contributed by atoms with van der Waals surface area (Å²) in [6.07, 6.45) is 1.00. The fraction of sp³-hybridized carbons (Fsp3) is 0.700. The van der Waals surface area contributed by atoms with Gasteiger partial charge < -0.3 is 10.6 Å². The largest absolute Gasteiger partial charge is 0.349 e. The van der Waals surface area contributed by atoms with Crippen molar-refractivity contribution in [2.75, 3.05) is 20.1 Å². The first-order valence-electron chi connectivity index (χ1n) is 5.46. The summed E-state index contributed by atoms with van der Waals surface area (Å²) in [5.74, 6) is -1.05. The van der Waals surface area contributed by atoms with Gasteiger partial charge in [-0.1, -0.05) is 0 Å². The number of carbonyl (C=O) groups is 3. The van der Waals surface area contributed by atoms with Gasteiger partial charge >= 0.3 is 0 Å². The number of ketones is 1. The van der Waals surface area contributed by atoms with E-state index in [0.717, 1.165) is 13.0 Å². The number of hydroxylamine groups is 1. The van der Waals surface area contributed by atoms with Crippen LogP contribution in [0.15, 0.2) is 0 Å². The lowest BCUT2D eigenvalue weighted by molar-refractivity contribution is -0.132. The normalized spacial score (nSPS) is 9.76. The van der Waals surface area contributed by atoms with Gasteiger partial charge in [0.2, 0.25) is 11.8 Å². The van der Waals surface area contributed by atoms with Crippen LogP contribution < -0.4 is 16.1 Å². The van der Waals surface area contributed by atoms with Gasteiger partial charge in [-0.3, -0.25) is 19.6 Å². The van der Waals surface area contributed by atoms with E-state index in [0.29, 0.717) is 6.42 Å². The van der Waals surface area contributed by atoms with Crippen molar-refractivity contribution in [3.8, 4) is 0 Å². The van der Waals surface area contributed by atoms with Crippen molar-refractivity contribution in [2.24, 2.45) is 0 Å². The standard InChI is InChI=1S/C10H19N3O4/c1-11-6-2-3-8(14)7-12-9(15)4-5-10(16)13-17/h11,17H,2-7H2,1H3,(H,12,15)(H,13,16). The Morgan fingerprint density at radius 2 is 1.71 bits per heavy atom. The van der Waals surface area contributed by atoms with Crippen molar-refractivity contribution in [1.82, 2.24) is 16.1 Å². The highest BCUT2D eigenvalue weighted by Gasteiger charge is 2.07. The van der Waals surface area contributed by atoms with Gasteiger partial charge in [-0.25, -0.2) is 5.48 Å². The fourth-order valence-corrected chi connectivity index (χ4v) is 1.12. The molecule has 7 nitrogen and oxygen atoms in total. The predicted molar refractivity (Wildman–Crippen MR) is 60.3 cm³/mol. The summed E-state index contributed by atoms with van der Waals surface area (Å²) in [6.45, 7) is 0.750. The Hall–Kier alpha value is -1.47. The molecule has 0 aliphatic rings. The van der Waals surface area contributed by atoms with E-state index in [9.17, 15) is 14.4 Å². The van der Waals surface area contributed by atoms with Gasteiger partial charge in [-0.05, 0) is 20.0 Å². The summed E-state index contributed by atoms with van der Waals surface area (Å²) in [5, 5.41) is 13.5. The number of rotatable bonds is 9. The average Bonchev–Trinajstić information content (AvgIpc) is 2.33. The van der Waals surface area contributed by atoms with E-state index in [-0.39, 0.29) is 31.1 Å². The maximum Gasteiger partial charge on any atom is 0.243 e. The van der Waals surface area contributed by atoms with Crippen molar-refractivity contribution in [3.05, 3.63) is 0 Å². The Balaban J connectivity index is 3.55. The lowest BCUT2D eigenvalue weighted by atomic mass is 10.2. The molecule has 4 N–H and O–H groups in total. The van der Waals surface area contributed by atoms with Gasteiger partial charge in [0.25, 0.3) is 0 Å². The molecule has 0 spiro atoms. The van der Waals surface area contributed by atoms with Crippen molar-refractivity contribution in [1.29, 1.82) is 0 Å². The number of hydrogen-bond acceptors (Lipinski definition) is 5. The molecule has 0 bridgehead atoms. The minimum absolute atomic E-state index is 0.0106. The first kappa shape index (κ1) is 15.5. The van der Waals surface area contributed by atoms with E-state index >= 15 is 0 Å². The SMILES string of the molecule is CNCCCC(=O)CNC(=O)CCC(=O)NO. The molecular formula is C10H19N3O4. The van der Waals surface area contributed by atoms with Crippen molar-refractivity contribution in [3.63, 3.8) is 0 Å². The highest BCUT2D eigenvalue weighted by Crippen LogP contribution is 1.91. The van der Waals surface area contributed by atoms with E-state index in [1.165, 1.54) is 5.48 Å². The molecule has 0 radical (unpaired) electrons. The summed E-state index contributed by atoms with van der Waals surface area (Å²) < 4.78 is 0. The minimum Gasteiger partial charge on any atom is -0.349 e. The number of nitrogens with one attached hydrogen (secondary N) is 3. The number of Topliss-reactive ketones (excluding diaryl/α,β-unsaturated/α-hetero) is 1. The monoisotopic (exact) mass is 245 g/mol. The third-order valence-electron chi connectivity index (χ3n) is 2.07. The second-order valence-electron chi connectivity index (χ2n) is 3.56. The van der Waals surface area contributed by atoms with E-state index in [2.05, 4.69) is 10.6 Å². The molecule has 0 unspecified atom stereocenters. The molecule has 0 aromatic heterocycles. The number of carbonyl (C=O) groups excluding carboxylic acids is 3. The lowest BCUT2D eigenvalue weighted by Crippen LogP contribution is -2.31. The molecule has 0 fully saturated rings. The first-order valence-corrected chi connectivity index (χ1v) is 5.46. The second kappa shape index (κ2) is 9.73. The number of amides is 2. The van der Waals surface area contributed by atoms with Crippen LogP contribution in [0.2, 0.25) is 0 Å². The Morgan fingerprint density at radius 1 is 1.06 bits per heavy atom. The smallest absolute Gasteiger partial charge is 0.243 e. The van der Waals surface area contributed by atoms with Crippen LogP contribution in [0.1, 0.15) is 25.7 Å². The first-order chi connectivity index (χ1) is 8.10. The van der Waals surface area contributed by atoms with Crippen LogP contribution in [0.5, 0.6) is 0 Å². The molecule has 98 valence electrons. The maximum atomic E-state index is 11.3. The highest BCUT2D eigenvalue weighted by atomic mass is 16.5. The van der Waals surface area contributed by atoms with Gasteiger partial charge in [-0.15, -0.1) is 0 Å². The Kier molecular flexibility index (Phi) is 8.89. The van der Waals surface area contributed by atoms with Crippen LogP contribution in [-0.4, -0.2) is 42.9 Å². The van der Waals surface area contributed by atoms with Crippen LogP contribution >= 0.6 is 0 Å². The van der Waals surface area contributed by atoms with Gasteiger partial charge in [0.05, 0.1) is 6.54 Å². The van der Waals surface area contributed by atoms with E-state index in [1.54, 1.807) is 7.05 Å². The molecule has 0 atom stereocenters. The molecular weight excluding hydrogens is 226 g/mol. The third kappa shape index (κ3) is 9.46. The summed E-state index contributed by atoms with van der Waals surface area (Å²) >= 11 is 0. The van der Waals surface area contributed by atoms with Crippen LogP contribution in [0.25, 0.3) is 0 Å². The topological polar surface area (TPSA) is 108 Å². The molecule has 2 amide bonds. The average molecular weight is 245 g/mol. The van der Waals surface area contributed by atoms with E-state index < -0.39 is 5.91 Å². The highest BCUT2D eigenvalue weighted by molar-refractivity contribution is 5.87. The van der Waals surface area contributed by atoms with Crippen LogP contribution in [0.4, 0.5) is 0 Å². The molecule has 0 aliphatic heterocycles. The summed E-state index contributed by atoms with van der Waals surface area (Å²) in [5.41, 5.74) is 1.43. The zero-order chi connectivity index (χ0) is 13.1. The Morgan fingerprint density at radius 3 is 2.29 bits per heavy atom. The third-order valence-corrected chi connectivity index (χ3v) is 2.07. The molecule has 0 heterocycles. The number of hydrogen-bond donors (Lipinski definition) is 4. The Bertz CT molecular complexity index is 268. The molecule has 0 saturated carbocycles.